The molecule has 9 heteroatoms. The Morgan fingerprint density at radius 2 is 1.95 bits per heavy atom. The van der Waals surface area contributed by atoms with Gasteiger partial charge in [-0.25, -0.2) is 15.1 Å². The van der Waals surface area contributed by atoms with E-state index in [1.165, 1.54) is 24.3 Å². The summed E-state index contributed by atoms with van der Waals surface area (Å²) in [6.45, 7) is -0.523. The predicted molar refractivity (Wildman–Crippen MR) is 62.1 cm³/mol. The van der Waals surface area contributed by atoms with E-state index < -0.39 is 23.5 Å². The molecule has 1 rings (SSSR count). The Bertz CT molecular complexity index is 473. The Hall–Kier alpha value is -2.68. The number of nitro groups is 1. The molecule has 0 aliphatic carbocycles. The van der Waals surface area contributed by atoms with Crippen molar-refractivity contribution in [1.82, 2.24) is 10.8 Å². The van der Waals surface area contributed by atoms with Crippen molar-refractivity contribution < 1.29 is 24.5 Å². The highest BCUT2D eigenvalue weighted by Gasteiger charge is 2.05. The number of nitrogens with one attached hydrogen (secondary N) is 2. The number of amides is 2. The van der Waals surface area contributed by atoms with Crippen LogP contribution in [0.4, 0.5) is 10.5 Å². The lowest BCUT2D eigenvalue weighted by atomic mass is 10.2. The van der Waals surface area contributed by atoms with E-state index in [0.29, 0.717) is 5.56 Å². The molecular weight excluding hydrogens is 258 g/mol. The van der Waals surface area contributed by atoms with Gasteiger partial charge in [0.2, 0.25) is 0 Å². The third-order valence-electron chi connectivity index (χ3n) is 1.96. The van der Waals surface area contributed by atoms with Gasteiger partial charge in [0.15, 0.2) is 6.61 Å². The second-order valence-corrected chi connectivity index (χ2v) is 3.39. The molecule has 9 nitrogen and oxygen atoms in total. The van der Waals surface area contributed by atoms with Gasteiger partial charge in [0, 0.05) is 18.7 Å². The number of rotatable bonds is 6. The minimum Gasteiger partial charge on any atom is -0.479 e. The first-order valence-corrected chi connectivity index (χ1v) is 5.10. The van der Waals surface area contributed by atoms with Gasteiger partial charge in [-0.1, -0.05) is 12.1 Å². The van der Waals surface area contributed by atoms with E-state index in [1.807, 2.05) is 5.48 Å². The van der Waals surface area contributed by atoms with Crippen LogP contribution in [-0.4, -0.2) is 28.6 Å². The van der Waals surface area contributed by atoms with Gasteiger partial charge >= 0.3 is 12.0 Å². The lowest BCUT2D eigenvalue weighted by molar-refractivity contribution is -0.384. The SMILES string of the molecule is O=C(O)CONC(=O)NCc1ccc([N+](=O)[O-])cc1. The first-order valence-electron chi connectivity index (χ1n) is 5.10. The third kappa shape index (κ3) is 5.46. The molecule has 0 atom stereocenters. The van der Waals surface area contributed by atoms with Gasteiger partial charge in [-0.05, 0) is 5.56 Å². The molecule has 0 aliphatic rings. The number of hydrogen-bond acceptors (Lipinski definition) is 5. The second kappa shape index (κ2) is 6.91. The number of nitro benzene ring substituents is 1. The molecule has 1 aromatic rings. The van der Waals surface area contributed by atoms with E-state index in [4.69, 9.17) is 5.11 Å². The largest absolute Gasteiger partial charge is 0.479 e. The minimum absolute atomic E-state index is 0.0435. The quantitative estimate of drug-likeness (QED) is 0.506. The fraction of sp³-hybridized carbons (Fsp3) is 0.200. The lowest BCUT2D eigenvalue weighted by Crippen LogP contribution is -2.36. The van der Waals surface area contributed by atoms with E-state index in [1.54, 1.807) is 0 Å². The number of aliphatic carboxylic acids is 1. The zero-order valence-electron chi connectivity index (χ0n) is 9.66. The van der Waals surface area contributed by atoms with Crippen LogP contribution in [0.1, 0.15) is 5.56 Å². The molecule has 102 valence electrons. The molecule has 3 N–H and O–H groups in total. The maximum atomic E-state index is 11.1. The molecule has 0 radical (unpaired) electrons. The van der Waals surface area contributed by atoms with Crippen molar-refractivity contribution in [2.45, 2.75) is 6.54 Å². The summed E-state index contributed by atoms with van der Waals surface area (Å²) in [5, 5.41) is 21.0. The molecule has 19 heavy (non-hydrogen) atoms. The highest BCUT2D eigenvalue weighted by molar-refractivity contribution is 5.73. The number of urea groups is 1. The van der Waals surface area contributed by atoms with E-state index in [2.05, 4.69) is 10.2 Å². The molecule has 0 aromatic heterocycles. The van der Waals surface area contributed by atoms with Crippen LogP contribution in [0.15, 0.2) is 24.3 Å². The van der Waals surface area contributed by atoms with Gasteiger partial charge in [0.05, 0.1) is 4.92 Å². The summed E-state index contributed by atoms with van der Waals surface area (Å²) < 4.78 is 0. The summed E-state index contributed by atoms with van der Waals surface area (Å²) in [6.07, 6.45) is 0. The summed E-state index contributed by atoms with van der Waals surface area (Å²) >= 11 is 0. The summed E-state index contributed by atoms with van der Waals surface area (Å²) in [4.78, 5) is 35.5. The Morgan fingerprint density at radius 1 is 1.32 bits per heavy atom. The number of non-ortho nitro benzene ring substituents is 1. The standard InChI is InChI=1S/C10H11N3O6/c14-9(15)6-19-12-10(16)11-5-7-1-3-8(4-2-7)13(17)18/h1-4H,5-6H2,(H,14,15)(H2,11,12,16). The summed E-state index contributed by atoms with van der Waals surface area (Å²) in [5.74, 6) is -1.21. The zero-order chi connectivity index (χ0) is 14.3. The van der Waals surface area contributed by atoms with Gasteiger partial charge in [0.1, 0.15) is 0 Å². The molecule has 0 unspecified atom stereocenters. The Labute approximate surface area is 107 Å². The number of hydrogen-bond donors (Lipinski definition) is 3. The number of carboxylic acid groups (broad SMARTS) is 1. The van der Waals surface area contributed by atoms with E-state index in [-0.39, 0.29) is 12.2 Å². The topological polar surface area (TPSA) is 131 Å². The van der Waals surface area contributed by atoms with Crippen molar-refractivity contribution in [3.63, 3.8) is 0 Å². The summed E-state index contributed by atoms with van der Waals surface area (Å²) in [6, 6.07) is 4.92. The molecule has 1 aromatic carbocycles. The molecule has 0 fully saturated rings. The summed E-state index contributed by atoms with van der Waals surface area (Å²) in [7, 11) is 0. The molecule has 0 aliphatic heterocycles. The highest BCUT2D eigenvalue weighted by Crippen LogP contribution is 2.11. The van der Waals surface area contributed by atoms with Gasteiger partial charge in [-0.2, -0.15) is 0 Å². The molecule has 0 saturated heterocycles. The number of carboxylic acids is 1. The van der Waals surface area contributed by atoms with Crippen LogP contribution >= 0.6 is 0 Å². The smallest absolute Gasteiger partial charge is 0.338 e. The lowest BCUT2D eigenvalue weighted by Gasteiger charge is -2.06. The predicted octanol–water partition coefficient (Wildman–Crippen LogP) is 0.410. The third-order valence-corrected chi connectivity index (χ3v) is 1.96. The number of carbonyl (C=O) groups is 2. The van der Waals surface area contributed by atoms with Gasteiger partial charge in [0.25, 0.3) is 5.69 Å². The van der Waals surface area contributed by atoms with Crippen molar-refractivity contribution in [1.29, 1.82) is 0 Å². The summed E-state index contributed by atoms with van der Waals surface area (Å²) in [5.41, 5.74) is 2.48. The minimum atomic E-state index is -1.21. The van der Waals surface area contributed by atoms with E-state index >= 15 is 0 Å². The van der Waals surface area contributed by atoms with Gasteiger partial charge < -0.3 is 10.4 Å². The molecular formula is C10H11N3O6. The van der Waals surface area contributed by atoms with Crippen LogP contribution in [0.2, 0.25) is 0 Å². The van der Waals surface area contributed by atoms with Crippen molar-refractivity contribution >= 4 is 17.7 Å². The van der Waals surface area contributed by atoms with E-state index in [0.717, 1.165) is 0 Å². The van der Waals surface area contributed by atoms with Gasteiger partial charge in [-0.3, -0.25) is 15.0 Å². The van der Waals surface area contributed by atoms with Crippen LogP contribution in [0.3, 0.4) is 0 Å². The first-order chi connectivity index (χ1) is 8.99. The molecule has 0 spiro atoms. The maximum absolute atomic E-state index is 11.1. The van der Waals surface area contributed by atoms with Crippen molar-refractivity contribution in [3.8, 4) is 0 Å². The zero-order valence-corrected chi connectivity index (χ0v) is 9.66. The maximum Gasteiger partial charge on any atom is 0.338 e. The number of hydroxylamine groups is 1. The fourth-order valence-electron chi connectivity index (χ4n) is 1.12. The van der Waals surface area contributed by atoms with Crippen LogP contribution in [0, 0.1) is 10.1 Å². The van der Waals surface area contributed by atoms with Crippen molar-refractivity contribution in [3.05, 3.63) is 39.9 Å². The van der Waals surface area contributed by atoms with Crippen LogP contribution < -0.4 is 10.8 Å². The van der Waals surface area contributed by atoms with E-state index in [9.17, 15) is 19.7 Å². The Balaban J connectivity index is 2.33. The van der Waals surface area contributed by atoms with Gasteiger partial charge in [-0.15, -0.1) is 0 Å². The van der Waals surface area contributed by atoms with Crippen LogP contribution in [0.25, 0.3) is 0 Å². The molecule has 2 amide bonds. The van der Waals surface area contributed by atoms with Crippen molar-refractivity contribution in [2.24, 2.45) is 0 Å². The Morgan fingerprint density at radius 3 is 2.47 bits per heavy atom. The van der Waals surface area contributed by atoms with Crippen molar-refractivity contribution in [2.75, 3.05) is 6.61 Å². The fourth-order valence-corrected chi connectivity index (χ4v) is 1.12. The van der Waals surface area contributed by atoms with Crippen LogP contribution in [-0.2, 0) is 16.2 Å². The number of benzene rings is 1. The average molecular weight is 269 g/mol. The van der Waals surface area contributed by atoms with Crippen LogP contribution in [0.5, 0.6) is 0 Å². The number of nitrogens with zero attached hydrogens (tertiary/aromatic N) is 1. The normalized spacial score (nSPS) is 9.68. The monoisotopic (exact) mass is 269 g/mol. The molecule has 0 saturated carbocycles. The first kappa shape index (κ1) is 14.4. The second-order valence-electron chi connectivity index (χ2n) is 3.39. The highest BCUT2D eigenvalue weighted by atomic mass is 16.7. The Kier molecular flexibility index (Phi) is 5.23. The average Bonchev–Trinajstić information content (AvgIpc) is 2.36. The number of carbonyl (C=O) groups excluding carboxylic acids is 1. The molecule has 0 bridgehead atoms. The molecule has 0 heterocycles.